The summed E-state index contributed by atoms with van der Waals surface area (Å²) >= 11 is 0. The summed E-state index contributed by atoms with van der Waals surface area (Å²) in [6.07, 6.45) is 5.51. The maximum atomic E-state index is 4.77. The van der Waals surface area contributed by atoms with Gasteiger partial charge in [-0.25, -0.2) is 0 Å². The molecule has 0 N–H and O–H groups in total. The second-order valence-electron chi connectivity index (χ2n) is 7.78. The number of aryl methyl sites for hydroxylation is 1. The molecule has 1 radical (unpaired) electrons. The van der Waals surface area contributed by atoms with Gasteiger partial charge in [-0.15, -0.1) is 7.05 Å². The van der Waals surface area contributed by atoms with E-state index in [1.54, 1.807) is 0 Å². The largest absolute Gasteiger partial charge is 0.480 e. The molecule has 0 fully saturated rings. The van der Waals surface area contributed by atoms with E-state index in [4.69, 9.17) is 4.98 Å². The first-order valence-corrected chi connectivity index (χ1v) is 10.3. The molecule has 2 heterocycles. The van der Waals surface area contributed by atoms with Crippen molar-refractivity contribution in [2.45, 2.75) is 38.8 Å². The van der Waals surface area contributed by atoms with Gasteiger partial charge in [0.05, 0.1) is 11.7 Å². The molecule has 0 aliphatic heterocycles. The van der Waals surface area contributed by atoms with Crippen LogP contribution in [0, 0.1) is 7.05 Å². The minimum atomic E-state index is 0. The Hall–Kier alpha value is -1.68. The summed E-state index contributed by atoms with van der Waals surface area (Å²) in [6, 6.07) is 19.9. The van der Waals surface area contributed by atoms with Crippen molar-refractivity contribution in [3.8, 4) is 0 Å². The Bertz CT molecular complexity index is 1150. The fourth-order valence-electron chi connectivity index (χ4n) is 4.91. The van der Waals surface area contributed by atoms with Crippen LogP contribution in [-0.2, 0) is 45.7 Å². The van der Waals surface area contributed by atoms with Gasteiger partial charge in [-0.3, -0.25) is 9.88 Å². The normalized spacial score (nSPS) is 16.1. The Balaban J connectivity index is 0.00000205. The Kier molecular flexibility index (Phi) is 6.10. The van der Waals surface area contributed by atoms with Crippen LogP contribution in [-0.4, -0.2) is 21.0 Å². The predicted molar refractivity (Wildman–Crippen MR) is 116 cm³/mol. The van der Waals surface area contributed by atoms with Crippen LogP contribution in [0.15, 0.2) is 60.8 Å². The van der Waals surface area contributed by atoms with Gasteiger partial charge in [-0.1, -0.05) is 82.8 Å². The molecule has 1 aliphatic rings. The molecule has 4 heteroatoms. The molecular formula is C25H26N3Y-. The zero-order valence-corrected chi connectivity index (χ0v) is 19.9. The minimum absolute atomic E-state index is 0. The second kappa shape index (κ2) is 8.59. The Morgan fingerprint density at radius 1 is 1.07 bits per heavy atom. The summed E-state index contributed by atoms with van der Waals surface area (Å²) in [5.41, 5.74) is 6.48. The fraction of sp³-hybridized carbons (Fsp3) is 0.280. The molecule has 0 unspecified atom stereocenters. The molecule has 1 aliphatic carbocycles. The summed E-state index contributed by atoms with van der Waals surface area (Å²) in [5.74, 6) is 0. The van der Waals surface area contributed by atoms with Gasteiger partial charge in [0, 0.05) is 45.5 Å². The second-order valence-corrected chi connectivity index (χ2v) is 7.78. The molecule has 1 atom stereocenters. The molecule has 2 aromatic carbocycles. The van der Waals surface area contributed by atoms with Crippen LogP contribution >= 0.6 is 0 Å². The monoisotopic (exact) mass is 457 g/mol. The van der Waals surface area contributed by atoms with E-state index in [0.29, 0.717) is 6.04 Å². The molecule has 0 amide bonds. The van der Waals surface area contributed by atoms with Crippen molar-refractivity contribution in [1.82, 2.24) is 14.5 Å². The molecule has 0 saturated heterocycles. The summed E-state index contributed by atoms with van der Waals surface area (Å²) < 4.78 is 2.11. The van der Waals surface area contributed by atoms with E-state index in [-0.39, 0.29) is 32.7 Å². The van der Waals surface area contributed by atoms with E-state index in [0.717, 1.165) is 19.5 Å². The fourth-order valence-corrected chi connectivity index (χ4v) is 4.91. The summed E-state index contributed by atoms with van der Waals surface area (Å²) in [6.45, 7) is 4.19. The molecule has 4 aromatic rings. The molecule has 145 valence electrons. The van der Waals surface area contributed by atoms with Gasteiger partial charge >= 0.3 is 0 Å². The van der Waals surface area contributed by atoms with Crippen LogP contribution in [0.5, 0.6) is 0 Å². The zero-order valence-electron chi connectivity index (χ0n) is 17.0. The number of hydrogen-bond acceptors (Lipinski definition) is 2. The van der Waals surface area contributed by atoms with Crippen LogP contribution in [0.1, 0.15) is 42.6 Å². The number of benzene rings is 2. The van der Waals surface area contributed by atoms with Crippen LogP contribution in [0.3, 0.4) is 0 Å². The smallest absolute Gasteiger partial charge is 0.0607 e. The zero-order chi connectivity index (χ0) is 19.1. The molecule has 2 aromatic heterocycles. The average Bonchev–Trinajstić information content (AvgIpc) is 3.05. The van der Waals surface area contributed by atoms with Crippen LogP contribution in [0.2, 0.25) is 0 Å². The third kappa shape index (κ3) is 3.54. The van der Waals surface area contributed by atoms with Gasteiger partial charge in [0.1, 0.15) is 0 Å². The van der Waals surface area contributed by atoms with E-state index in [1.807, 2.05) is 6.20 Å². The number of fused-ring (bicyclic) bond motifs is 4. The van der Waals surface area contributed by atoms with Crippen molar-refractivity contribution >= 4 is 21.8 Å². The number of pyridine rings is 1. The molecule has 0 spiro atoms. The van der Waals surface area contributed by atoms with E-state index in [9.17, 15) is 0 Å². The number of aromatic nitrogens is 2. The first-order valence-electron chi connectivity index (χ1n) is 10.3. The maximum Gasteiger partial charge on any atom is 0.0607 e. The number of rotatable bonds is 4. The molecular weight excluding hydrogens is 431 g/mol. The molecule has 0 bridgehead atoms. The number of hydrogen-bond donors (Lipinski definition) is 0. The van der Waals surface area contributed by atoms with Crippen molar-refractivity contribution < 1.29 is 32.7 Å². The van der Waals surface area contributed by atoms with Crippen molar-refractivity contribution in [2.75, 3.05) is 6.54 Å². The first-order chi connectivity index (χ1) is 13.8. The standard InChI is InChI=1S/C25H26N3.Y/c1-3-28(23-15-7-9-18-11-8-16-26-24(18)23)17-19-10-6-13-21-20-12-4-5-14-22(20)27(2)25(19)21;/h4-6,8,10-14,16,23H,2-3,7,9,15,17H2,1H3;/q-1;/t23-;/m0./s1. The Morgan fingerprint density at radius 2 is 1.90 bits per heavy atom. The van der Waals surface area contributed by atoms with E-state index < -0.39 is 0 Å². The van der Waals surface area contributed by atoms with Crippen molar-refractivity contribution in [3.63, 3.8) is 0 Å². The third-order valence-corrected chi connectivity index (χ3v) is 6.26. The summed E-state index contributed by atoms with van der Waals surface area (Å²) in [5, 5.41) is 2.57. The topological polar surface area (TPSA) is 21.1 Å². The van der Waals surface area contributed by atoms with E-state index >= 15 is 0 Å². The Morgan fingerprint density at radius 3 is 2.76 bits per heavy atom. The van der Waals surface area contributed by atoms with Crippen molar-refractivity contribution in [3.05, 3.63) is 84.7 Å². The molecule has 29 heavy (non-hydrogen) atoms. The summed E-state index contributed by atoms with van der Waals surface area (Å²) in [7, 11) is 4.36. The van der Waals surface area contributed by atoms with Gasteiger partial charge in [-0.05, 0) is 37.4 Å². The Labute approximate surface area is 198 Å². The molecule has 3 nitrogen and oxygen atoms in total. The van der Waals surface area contributed by atoms with Crippen LogP contribution < -0.4 is 0 Å². The van der Waals surface area contributed by atoms with Crippen molar-refractivity contribution in [1.29, 1.82) is 0 Å². The SMILES string of the molecule is [CH2-]n1c2ccccc2c2cccc(CN(CC)[C@H]3CCCc4cccnc43)c21.[Y]. The van der Waals surface area contributed by atoms with Crippen LogP contribution in [0.25, 0.3) is 21.8 Å². The van der Waals surface area contributed by atoms with Gasteiger partial charge < -0.3 is 4.57 Å². The molecule has 0 saturated carbocycles. The maximum absolute atomic E-state index is 4.77. The quantitative estimate of drug-likeness (QED) is 0.365. The molecule has 5 rings (SSSR count). The summed E-state index contributed by atoms with van der Waals surface area (Å²) in [4.78, 5) is 7.35. The van der Waals surface area contributed by atoms with E-state index in [1.165, 1.54) is 51.5 Å². The van der Waals surface area contributed by atoms with Gasteiger partial charge in [0.25, 0.3) is 0 Å². The number of para-hydroxylation sites is 2. The minimum Gasteiger partial charge on any atom is -0.480 e. The first kappa shape index (κ1) is 20.6. The van der Waals surface area contributed by atoms with Gasteiger partial charge in [0.2, 0.25) is 0 Å². The van der Waals surface area contributed by atoms with Gasteiger partial charge in [0.15, 0.2) is 0 Å². The van der Waals surface area contributed by atoms with Crippen LogP contribution in [0.4, 0.5) is 0 Å². The van der Waals surface area contributed by atoms with E-state index in [2.05, 4.69) is 78.0 Å². The van der Waals surface area contributed by atoms with Gasteiger partial charge in [-0.2, -0.15) is 0 Å². The predicted octanol–water partition coefficient (Wildman–Crippen LogP) is 5.73. The number of nitrogens with zero attached hydrogens (tertiary/aromatic N) is 3. The third-order valence-electron chi connectivity index (χ3n) is 6.26. The average molecular weight is 457 g/mol. The van der Waals surface area contributed by atoms with Crippen molar-refractivity contribution in [2.24, 2.45) is 0 Å².